The van der Waals surface area contributed by atoms with Crippen molar-refractivity contribution >= 4 is 0 Å². The molecule has 1 N–H and O–H groups in total. The quantitative estimate of drug-likeness (QED) is 0.837. The Bertz CT molecular complexity index is 321. The summed E-state index contributed by atoms with van der Waals surface area (Å²) in [6.45, 7) is 1.98. The number of nitrogens with zero attached hydrogens (tertiary/aromatic N) is 3. The van der Waals surface area contributed by atoms with E-state index in [9.17, 15) is 13.2 Å². The summed E-state index contributed by atoms with van der Waals surface area (Å²) in [7, 11) is 1.75. The first-order valence-corrected chi connectivity index (χ1v) is 5.01. The predicted octanol–water partition coefficient (Wildman–Crippen LogP) is 1.29. The van der Waals surface area contributed by atoms with Gasteiger partial charge < -0.3 is 5.32 Å². The molecule has 1 unspecified atom stereocenters. The Morgan fingerprint density at radius 3 is 2.69 bits per heavy atom. The second-order valence-corrected chi connectivity index (χ2v) is 3.72. The Labute approximate surface area is 91.9 Å². The minimum atomic E-state index is -4.11. The van der Waals surface area contributed by atoms with Gasteiger partial charge in [-0.15, -0.1) is 0 Å². The SMILES string of the molecule is CC(CC(F)(F)F)NCCc1ncnn1C. The van der Waals surface area contributed by atoms with Crippen LogP contribution in [0.25, 0.3) is 0 Å². The molecule has 1 heterocycles. The number of aromatic nitrogens is 3. The summed E-state index contributed by atoms with van der Waals surface area (Å²) in [5.74, 6) is 0.756. The predicted molar refractivity (Wildman–Crippen MR) is 52.8 cm³/mol. The van der Waals surface area contributed by atoms with Crippen molar-refractivity contribution in [2.24, 2.45) is 7.05 Å². The Morgan fingerprint density at radius 1 is 1.50 bits per heavy atom. The number of alkyl halides is 3. The highest BCUT2D eigenvalue weighted by atomic mass is 19.4. The van der Waals surface area contributed by atoms with Crippen LogP contribution in [0.3, 0.4) is 0 Å². The van der Waals surface area contributed by atoms with Crippen molar-refractivity contribution in [1.82, 2.24) is 20.1 Å². The standard InChI is InChI=1S/C9H15F3N4/c1-7(5-9(10,11)12)13-4-3-8-14-6-15-16(8)2/h6-7,13H,3-5H2,1-2H3. The van der Waals surface area contributed by atoms with Crippen molar-refractivity contribution in [2.45, 2.75) is 32.0 Å². The molecule has 0 aliphatic heterocycles. The third-order valence-electron chi connectivity index (χ3n) is 2.18. The van der Waals surface area contributed by atoms with Gasteiger partial charge >= 0.3 is 6.18 Å². The minimum absolute atomic E-state index is 0.462. The van der Waals surface area contributed by atoms with Crippen molar-refractivity contribution in [3.05, 3.63) is 12.2 Å². The monoisotopic (exact) mass is 236 g/mol. The lowest BCUT2D eigenvalue weighted by Crippen LogP contribution is -2.32. The normalized spacial score (nSPS) is 14.1. The van der Waals surface area contributed by atoms with E-state index in [4.69, 9.17) is 0 Å². The largest absolute Gasteiger partial charge is 0.390 e. The van der Waals surface area contributed by atoms with Crippen molar-refractivity contribution in [3.8, 4) is 0 Å². The molecule has 0 aliphatic carbocycles. The summed E-state index contributed by atoms with van der Waals surface area (Å²) in [5, 5.41) is 6.68. The van der Waals surface area contributed by atoms with Crippen LogP contribution in [0.2, 0.25) is 0 Å². The summed E-state index contributed by atoms with van der Waals surface area (Å²) in [6, 6.07) is -0.576. The zero-order chi connectivity index (χ0) is 12.2. The summed E-state index contributed by atoms with van der Waals surface area (Å²) in [4.78, 5) is 3.98. The van der Waals surface area contributed by atoms with E-state index in [0.29, 0.717) is 13.0 Å². The van der Waals surface area contributed by atoms with E-state index in [1.165, 1.54) is 13.3 Å². The lowest BCUT2D eigenvalue weighted by molar-refractivity contribution is -0.138. The smallest absolute Gasteiger partial charge is 0.313 e. The van der Waals surface area contributed by atoms with Crippen LogP contribution in [0.5, 0.6) is 0 Å². The highest BCUT2D eigenvalue weighted by Gasteiger charge is 2.29. The molecule has 0 amide bonds. The maximum atomic E-state index is 12.0. The first-order chi connectivity index (χ1) is 7.38. The molecule has 1 rings (SSSR count). The maximum Gasteiger partial charge on any atom is 0.390 e. The first kappa shape index (κ1) is 13.0. The number of hydrogen-bond donors (Lipinski definition) is 1. The fourth-order valence-electron chi connectivity index (χ4n) is 1.40. The molecule has 0 saturated carbocycles. The van der Waals surface area contributed by atoms with E-state index in [1.54, 1.807) is 11.7 Å². The molecule has 92 valence electrons. The van der Waals surface area contributed by atoms with E-state index >= 15 is 0 Å². The molecule has 1 atom stereocenters. The van der Waals surface area contributed by atoms with Crippen molar-refractivity contribution in [2.75, 3.05) is 6.54 Å². The molecule has 0 fully saturated rings. The van der Waals surface area contributed by atoms with Crippen molar-refractivity contribution in [3.63, 3.8) is 0 Å². The van der Waals surface area contributed by atoms with E-state index < -0.39 is 18.6 Å². The number of aryl methyl sites for hydroxylation is 1. The molecule has 16 heavy (non-hydrogen) atoms. The second-order valence-electron chi connectivity index (χ2n) is 3.72. The second kappa shape index (κ2) is 5.29. The van der Waals surface area contributed by atoms with Gasteiger partial charge in [-0.05, 0) is 6.92 Å². The first-order valence-electron chi connectivity index (χ1n) is 5.01. The molecule has 0 saturated heterocycles. The van der Waals surface area contributed by atoms with Crippen LogP contribution in [0.4, 0.5) is 13.2 Å². The van der Waals surface area contributed by atoms with Crippen LogP contribution in [0, 0.1) is 0 Å². The number of halogens is 3. The van der Waals surface area contributed by atoms with E-state index in [1.807, 2.05) is 0 Å². The lowest BCUT2D eigenvalue weighted by Gasteiger charge is -2.15. The van der Waals surface area contributed by atoms with Crippen molar-refractivity contribution < 1.29 is 13.2 Å². The van der Waals surface area contributed by atoms with Crippen LogP contribution in [0.1, 0.15) is 19.2 Å². The zero-order valence-electron chi connectivity index (χ0n) is 9.25. The van der Waals surface area contributed by atoms with Gasteiger partial charge in [-0.2, -0.15) is 18.3 Å². The molecule has 0 radical (unpaired) electrons. The van der Waals surface area contributed by atoms with Crippen LogP contribution in [-0.4, -0.2) is 33.5 Å². The highest BCUT2D eigenvalue weighted by Crippen LogP contribution is 2.21. The minimum Gasteiger partial charge on any atom is -0.313 e. The average molecular weight is 236 g/mol. The third kappa shape index (κ3) is 4.61. The molecule has 0 spiro atoms. The summed E-state index contributed by atoms with van der Waals surface area (Å²) < 4.78 is 37.6. The summed E-state index contributed by atoms with van der Waals surface area (Å²) >= 11 is 0. The van der Waals surface area contributed by atoms with Crippen molar-refractivity contribution in [1.29, 1.82) is 0 Å². The van der Waals surface area contributed by atoms with Crippen LogP contribution in [0.15, 0.2) is 6.33 Å². The Kier molecular flexibility index (Phi) is 4.28. The lowest BCUT2D eigenvalue weighted by atomic mass is 10.2. The molecule has 0 aliphatic rings. The number of rotatable bonds is 5. The molecule has 4 nitrogen and oxygen atoms in total. The molecule has 0 aromatic carbocycles. The Morgan fingerprint density at radius 2 is 2.19 bits per heavy atom. The Balaban J connectivity index is 2.23. The summed E-state index contributed by atoms with van der Waals surface area (Å²) in [5.41, 5.74) is 0. The van der Waals surface area contributed by atoms with Gasteiger partial charge in [-0.25, -0.2) is 4.98 Å². The number of nitrogens with one attached hydrogen (secondary N) is 1. The maximum absolute atomic E-state index is 12.0. The van der Waals surface area contributed by atoms with E-state index in [2.05, 4.69) is 15.4 Å². The fraction of sp³-hybridized carbons (Fsp3) is 0.778. The van der Waals surface area contributed by atoms with Gasteiger partial charge in [0.2, 0.25) is 0 Å². The van der Waals surface area contributed by atoms with Crippen LogP contribution >= 0.6 is 0 Å². The molecule has 1 aromatic rings. The van der Waals surface area contributed by atoms with Gasteiger partial charge in [0.25, 0.3) is 0 Å². The van der Waals surface area contributed by atoms with Gasteiger partial charge in [0.1, 0.15) is 12.2 Å². The molecular weight excluding hydrogens is 221 g/mol. The van der Waals surface area contributed by atoms with Gasteiger partial charge in [-0.3, -0.25) is 4.68 Å². The number of hydrogen-bond acceptors (Lipinski definition) is 3. The van der Waals surface area contributed by atoms with Gasteiger partial charge in [0.05, 0.1) is 6.42 Å². The highest BCUT2D eigenvalue weighted by molar-refractivity contribution is 4.84. The van der Waals surface area contributed by atoms with Gasteiger partial charge in [-0.1, -0.05) is 0 Å². The van der Waals surface area contributed by atoms with Crippen LogP contribution < -0.4 is 5.32 Å². The molecule has 1 aromatic heterocycles. The third-order valence-corrected chi connectivity index (χ3v) is 2.18. The fourth-order valence-corrected chi connectivity index (χ4v) is 1.40. The van der Waals surface area contributed by atoms with Gasteiger partial charge in [0, 0.05) is 26.1 Å². The van der Waals surface area contributed by atoms with E-state index in [-0.39, 0.29) is 0 Å². The average Bonchev–Trinajstić information content (AvgIpc) is 2.48. The van der Waals surface area contributed by atoms with E-state index in [0.717, 1.165) is 5.82 Å². The topological polar surface area (TPSA) is 42.7 Å². The summed E-state index contributed by atoms with van der Waals surface area (Å²) in [6.07, 6.45) is -2.93. The van der Waals surface area contributed by atoms with Gasteiger partial charge in [0.15, 0.2) is 0 Å². The zero-order valence-corrected chi connectivity index (χ0v) is 9.25. The molecule has 7 heteroatoms. The molecule has 0 bridgehead atoms. The van der Waals surface area contributed by atoms with Crippen LogP contribution in [-0.2, 0) is 13.5 Å². The molecular formula is C9H15F3N4. The Hall–Kier alpha value is -1.11.